The molecule has 2 N–H and O–H groups in total. The number of aryl methyl sites for hydroxylation is 1. The molecule has 1 atom stereocenters. The van der Waals surface area contributed by atoms with E-state index in [9.17, 15) is 4.79 Å². The van der Waals surface area contributed by atoms with Crippen molar-refractivity contribution in [2.24, 2.45) is 0 Å². The summed E-state index contributed by atoms with van der Waals surface area (Å²) in [5, 5.41) is 10.3. The molecule has 0 fully saturated rings. The molecular formula is C19H20N4OS. The Bertz CT molecular complexity index is 780. The maximum Gasteiger partial charge on any atom is 0.234 e. The Hall–Kier alpha value is -2.60. The van der Waals surface area contributed by atoms with Crippen LogP contribution in [-0.4, -0.2) is 26.3 Å². The van der Waals surface area contributed by atoms with E-state index in [1.165, 1.54) is 11.8 Å². The molecule has 0 spiro atoms. The fourth-order valence-electron chi connectivity index (χ4n) is 2.50. The van der Waals surface area contributed by atoms with Gasteiger partial charge in [-0.2, -0.15) is 0 Å². The first-order valence-corrected chi connectivity index (χ1v) is 8.97. The minimum atomic E-state index is -0.301. The van der Waals surface area contributed by atoms with Gasteiger partial charge in [0.1, 0.15) is 5.82 Å². The Morgan fingerprint density at radius 3 is 2.08 bits per heavy atom. The number of H-pyrrole nitrogens is 1. The summed E-state index contributed by atoms with van der Waals surface area (Å²) in [6.45, 7) is 3.70. The lowest BCUT2D eigenvalue weighted by Crippen LogP contribution is -2.35. The van der Waals surface area contributed by atoms with Crippen molar-refractivity contribution in [1.82, 2.24) is 20.5 Å². The molecule has 1 heterocycles. The van der Waals surface area contributed by atoms with Crippen molar-refractivity contribution in [1.29, 1.82) is 0 Å². The van der Waals surface area contributed by atoms with Crippen LogP contribution in [0, 0.1) is 6.92 Å². The number of aromatic nitrogens is 3. The molecule has 0 radical (unpaired) electrons. The molecule has 0 unspecified atom stereocenters. The third kappa shape index (κ3) is 4.48. The monoisotopic (exact) mass is 352 g/mol. The summed E-state index contributed by atoms with van der Waals surface area (Å²) < 4.78 is 0. The maximum absolute atomic E-state index is 12.7. The highest BCUT2D eigenvalue weighted by molar-refractivity contribution is 8.00. The smallest absolute Gasteiger partial charge is 0.234 e. The second-order valence-corrected chi connectivity index (χ2v) is 7.03. The van der Waals surface area contributed by atoms with Gasteiger partial charge in [0, 0.05) is 0 Å². The van der Waals surface area contributed by atoms with Crippen molar-refractivity contribution in [3.05, 3.63) is 77.6 Å². The number of carbonyl (C=O) groups excluding carboxylic acids is 1. The van der Waals surface area contributed by atoms with Crippen molar-refractivity contribution in [2.45, 2.75) is 30.3 Å². The molecule has 25 heavy (non-hydrogen) atoms. The largest absolute Gasteiger partial charge is 0.344 e. The first-order chi connectivity index (χ1) is 12.1. The highest BCUT2D eigenvalue weighted by Crippen LogP contribution is 2.24. The number of nitrogens with one attached hydrogen (secondary N) is 2. The molecule has 0 aliphatic rings. The van der Waals surface area contributed by atoms with Crippen LogP contribution < -0.4 is 5.32 Å². The average Bonchev–Trinajstić information content (AvgIpc) is 3.05. The van der Waals surface area contributed by atoms with Crippen LogP contribution in [0.1, 0.15) is 29.9 Å². The van der Waals surface area contributed by atoms with E-state index in [1.54, 1.807) is 0 Å². The molecule has 3 rings (SSSR count). The van der Waals surface area contributed by atoms with Crippen LogP contribution in [0.25, 0.3) is 0 Å². The van der Waals surface area contributed by atoms with Crippen molar-refractivity contribution >= 4 is 17.7 Å². The van der Waals surface area contributed by atoms with Crippen LogP contribution in [0.15, 0.2) is 65.8 Å². The summed E-state index contributed by atoms with van der Waals surface area (Å²) in [5.41, 5.74) is 2.10. The Balaban J connectivity index is 1.76. The zero-order valence-electron chi connectivity index (χ0n) is 14.1. The Morgan fingerprint density at radius 2 is 1.60 bits per heavy atom. The fraction of sp³-hybridized carbons (Fsp3) is 0.211. The second-order valence-electron chi connectivity index (χ2n) is 5.73. The van der Waals surface area contributed by atoms with E-state index in [0.717, 1.165) is 17.0 Å². The SMILES string of the molecule is Cc1nc(S[C@H](C)C(=O)NC(c2ccccc2)c2ccccc2)n[nH]1. The van der Waals surface area contributed by atoms with Gasteiger partial charge < -0.3 is 5.32 Å². The minimum Gasteiger partial charge on any atom is -0.344 e. The summed E-state index contributed by atoms with van der Waals surface area (Å²) in [5.74, 6) is 0.687. The fourth-order valence-corrected chi connectivity index (χ4v) is 3.28. The van der Waals surface area contributed by atoms with E-state index in [-0.39, 0.29) is 17.2 Å². The standard InChI is InChI=1S/C19H20N4OS/c1-13(25-19-20-14(2)22-23-19)18(24)21-17(15-9-5-3-6-10-15)16-11-7-4-8-12-16/h3-13,17H,1-2H3,(H,21,24)(H,20,22,23)/t13-/m1/s1. The zero-order chi connectivity index (χ0) is 17.6. The van der Waals surface area contributed by atoms with Gasteiger partial charge in [-0.25, -0.2) is 4.98 Å². The third-order valence-electron chi connectivity index (χ3n) is 3.78. The van der Waals surface area contributed by atoms with Gasteiger partial charge in [-0.1, -0.05) is 72.4 Å². The van der Waals surface area contributed by atoms with Crippen molar-refractivity contribution in [3.8, 4) is 0 Å². The van der Waals surface area contributed by atoms with E-state index >= 15 is 0 Å². The van der Waals surface area contributed by atoms with E-state index < -0.39 is 0 Å². The van der Waals surface area contributed by atoms with Crippen LogP contribution in [0.5, 0.6) is 0 Å². The molecule has 1 amide bonds. The van der Waals surface area contributed by atoms with Crippen molar-refractivity contribution in [3.63, 3.8) is 0 Å². The topological polar surface area (TPSA) is 70.7 Å². The molecule has 128 valence electrons. The number of hydrogen-bond acceptors (Lipinski definition) is 4. The van der Waals surface area contributed by atoms with E-state index in [4.69, 9.17) is 0 Å². The van der Waals surface area contributed by atoms with Crippen molar-refractivity contribution in [2.75, 3.05) is 0 Å². The Kier molecular flexibility index (Phi) is 5.50. The second kappa shape index (κ2) is 7.98. The number of hydrogen-bond donors (Lipinski definition) is 2. The lowest BCUT2D eigenvalue weighted by Gasteiger charge is -2.21. The van der Waals surface area contributed by atoms with Gasteiger partial charge in [0.15, 0.2) is 0 Å². The number of amides is 1. The van der Waals surface area contributed by atoms with Gasteiger partial charge in [0.2, 0.25) is 11.1 Å². The molecule has 1 aromatic heterocycles. The lowest BCUT2D eigenvalue weighted by atomic mass is 9.98. The Labute approximate surface area is 151 Å². The highest BCUT2D eigenvalue weighted by Gasteiger charge is 2.22. The number of thioether (sulfide) groups is 1. The summed E-state index contributed by atoms with van der Waals surface area (Å²) in [6.07, 6.45) is 0. The molecule has 0 saturated heterocycles. The third-order valence-corrected chi connectivity index (χ3v) is 4.74. The number of aromatic amines is 1. The summed E-state index contributed by atoms with van der Waals surface area (Å²) in [4.78, 5) is 17.0. The predicted molar refractivity (Wildman–Crippen MR) is 99.3 cm³/mol. The van der Waals surface area contributed by atoms with E-state index in [0.29, 0.717) is 5.16 Å². The van der Waals surface area contributed by atoms with Gasteiger partial charge in [0.25, 0.3) is 0 Å². The Morgan fingerprint density at radius 1 is 1.04 bits per heavy atom. The quantitative estimate of drug-likeness (QED) is 0.666. The lowest BCUT2D eigenvalue weighted by molar-refractivity contribution is -0.120. The van der Waals surface area contributed by atoms with Crippen LogP contribution in [0.2, 0.25) is 0 Å². The number of benzene rings is 2. The number of rotatable bonds is 6. The molecule has 0 aliphatic carbocycles. The molecule has 0 saturated carbocycles. The van der Waals surface area contributed by atoms with Gasteiger partial charge in [-0.05, 0) is 25.0 Å². The molecular weight excluding hydrogens is 332 g/mol. The molecule has 2 aromatic carbocycles. The zero-order valence-corrected chi connectivity index (χ0v) is 15.0. The minimum absolute atomic E-state index is 0.0508. The van der Waals surface area contributed by atoms with Gasteiger partial charge in [-0.15, -0.1) is 5.10 Å². The van der Waals surface area contributed by atoms with Crippen molar-refractivity contribution < 1.29 is 4.79 Å². The summed E-state index contributed by atoms with van der Waals surface area (Å²) in [7, 11) is 0. The molecule has 3 aromatic rings. The highest BCUT2D eigenvalue weighted by atomic mass is 32.2. The number of carbonyl (C=O) groups is 1. The van der Waals surface area contributed by atoms with E-state index in [2.05, 4.69) is 20.5 Å². The molecule has 0 aliphatic heterocycles. The molecule has 6 heteroatoms. The summed E-state index contributed by atoms with van der Waals surface area (Å²) >= 11 is 1.34. The average molecular weight is 352 g/mol. The van der Waals surface area contributed by atoms with Crippen LogP contribution in [0.3, 0.4) is 0 Å². The van der Waals surface area contributed by atoms with Gasteiger partial charge in [-0.3, -0.25) is 9.89 Å². The summed E-state index contributed by atoms with van der Waals surface area (Å²) in [6, 6.07) is 19.8. The first-order valence-electron chi connectivity index (χ1n) is 8.09. The molecule has 5 nitrogen and oxygen atoms in total. The van der Waals surface area contributed by atoms with Crippen LogP contribution >= 0.6 is 11.8 Å². The van der Waals surface area contributed by atoms with Crippen LogP contribution in [-0.2, 0) is 4.79 Å². The normalized spacial score (nSPS) is 12.1. The maximum atomic E-state index is 12.7. The van der Waals surface area contributed by atoms with Gasteiger partial charge >= 0.3 is 0 Å². The number of nitrogens with zero attached hydrogens (tertiary/aromatic N) is 2. The predicted octanol–water partition coefficient (Wildman–Crippen LogP) is 3.50. The van der Waals surface area contributed by atoms with Gasteiger partial charge in [0.05, 0.1) is 11.3 Å². The first kappa shape index (κ1) is 17.2. The van der Waals surface area contributed by atoms with Crippen LogP contribution in [0.4, 0.5) is 0 Å². The molecule has 0 bridgehead atoms. The van der Waals surface area contributed by atoms with E-state index in [1.807, 2.05) is 74.5 Å².